The summed E-state index contributed by atoms with van der Waals surface area (Å²) in [6, 6.07) is 10.7. The lowest BCUT2D eigenvalue weighted by atomic mass is 9.96. The summed E-state index contributed by atoms with van der Waals surface area (Å²) in [6.45, 7) is 9.29. The monoisotopic (exact) mass is 438 g/mol. The van der Waals surface area contributed by atoms with Crippen LogP contribution in [0.25, 0.3) is 10.8 Å². The first-order valence-corrected chi connectivity index (χ1v) is 10.4. The van der Waals surface area contributed by atoms with Crippen molar-refractivity contribution in [3.05, 3.63) is 71.2 Å². The standard InChI is InChI=1S/C25H27FN2O4/c1-6-31-23-19-9-7-8-18(17(19)12-13-27-23)22(29)20-11-10-16(14-21(20)26)15(2)28-24(30)32-25(3,4)5/h7-15H,6H2,1-5H3,(H,28,30). The van der Waals surface area contributed by atoms with Gasteiger partial charge in [0.05, 0.1) is 18.2 Å². The lowest BCUT2D eigenvalue weighted by molar-refractivity contribution is 0.0507. The van der Waals surface area contributed by atoms with Crippen molar-refractivity contribution in [2.75, 3.05) is 6.61 Å². The number of halogens is 1. The van der Waals surface area contributed by atoms with E-state index in [0.717, 1.165) is 0 Å². The average molecular weight is 438 g/mol. The van der Waals surface area contributed by atoms with E-state index in [1.165, 1.54) is 12.1 Å². The average Bonchev–Trinajstić information content (AvgIpc) is 2.72. The minimum absolute atomic E-state index is 0.0551. The lowest BCUT2D eigenvalue weighted by Crippen LogP contribution is -2.34. The van der Waals surface area contributed by atoms with Gasteiger partial charge in [-0.05, 0) is 69.8 Å². The van der Waals surface area contributed by atoms with Crippen molar-refractivity contribution < 1.29 is 23.5 Å². The summed E-state index contributed by atoms with van der Waals surface area (Å²) >= 11 is 0. The Balaban J connectivity index is 1.88. The quantitative estimate of drug-likeness (QED) is 0.508. The van der Waals surface area contributed by atoms with E-state index in [2.05, 4.69) is 10.3 Å². The number of nitrogens with zero attached hydrogens (tertiary/aromatic N) is 1. The summed E-state index contributed by atoms with van der Waals surface area (Å²) in [4.78, 5) is 29.4. The first-order chi connectivity index (χ1) is 15.1. The van der Waals surface area contributed by atoms with Crippen LogP contribution in [0.5, 0.6) is 5.88 Å². The van der Waals surface area contributed by atoms with Crippen LogP contribution in [-0.2, 0) is 4.74 Å². The van der Waals surface area contributed by atoms with Crippen LogP contribution in [0.15, 0.2) is 48.7 Å². The van der Waals surface area contributed by atoms with Gasteiger partial charge in [-0.2, -0.15) is 0 Å². The van der Waals surface area contributed by atoms with Gasteiger partial charge in [-0.25, -0.2) is 14.2 Å². The highest BCUT2D eigenvalue weighted by Gasteiger charge is 2.21. The number of pyridine rings is 1. The van der Waals surface area contributed by atoms with E-state index in [1.54, 1.807) is 58.2 Å². The Labute approximate surface area is 186 Å². The fourth-order valence-corrected chi connectivity index (χ4v) is 3.33. The number of ketones is 1. The van der Waals surface area contributed by atoms with Gasteiger partial charge in [0.15, 0.2) is 5.78 Å². The van der Waals surface area contributed by atoms with Gasteiger partial charge in [0, 0.05) is 17.1 Å². The topological polar surface area (TPSA) is 77.5 Å². The lowest BCUT2D eigenvalue weighted by Gasteiger charge is -2.22. The molecule has 2 aromatic carbocycles. The molecule has 6 nitrogen and oxygen atoms in total. The minimum Gasteiger partial charge on any atom is -0.478 e. The molecular weight excluding hydrogens is 411 g/mol. The number of hydrogen-bond acceptors (Lipinski definition) is 5. The first kappa shape index (κ1) is 23.2. The Kier molecular flexibility index (Phi) is 6.77. The van der Waals surface area contributed by atoms with E-state index < -0.39 is 29.3 Å². The number of hydrogen-bond donors (Lipinski definition) is 1. The summed E-state index contributed by atoms with van der Waals surface area (Å²) in [5, 5.41) is 3.99. The van der Waals surface area contributed by atoms with E-state index >= 15 is 0 Å². The van der Waals surface area contributed by atoms with Crippen LogP contribution in [0.4, 0.5) is 9.18 Å². The Morgan fingerprint density at radius 2 is 1.84 bits per heavy atom. The zero-order valence-corrected chi connectivity index (χ0v) is 18.9. The fourth-order valence-electron chi connectivity index (χ4n) is 3.33. The van der Waals surface area contributed by atoms with E-state index in [-0.39, 0.29) is 5.56 Å². The summed E-state index contributed by atoms with van der Waals surface area (Å²) in [7, 11) is 0. The molecule has 0 fully saturated rings. The molecule has 0 radical (unpaired) electrons. The number of aromatic nitrogens is 1. The maximum absolute atomic E-state index is 15.0. The molecule has 0 aliphatic carbocycles. The van der Waals surface area contributed by atoms with Gasteiger partial charge in [-0.1, -0.05) is 18.2 Å². The van der Waals surface area contributed by atoms with Crippen LogP contribution >= 0.6 is 0 Å². The Morgan fingerprint density at radius 1 is 1.09 bits per heavy atom. The zero-order chi connectivity index (χ0) is 23.5. The third-order valence-corrected chi connectivity index (χ3v) is 4.77. The van der Waals surface area contributed by atoms with Gasteiger partial charge in [0.2, 0.25) is 5.88 Å². The molecule has 0 saturated carbocycles. The van der Waals surface area contributed by atoms with Crippen LogP contribution < -0.4 is 10.1 Å². The minimum atomic E-state index is -0.665. The van der Waals surface area contributed by atoms with Crippen molar-refractivity contribution in [2.45, 2.75) is 46.3 Å². The number of benzene rings is 2. The molecule has 1 aromatic heterocycles. The molecule has 3 aromatic rings. The predicted octanol–water partition coefficient (Wildman–Crippen LogP) is 5.59. The predicted molar refractivity (Wildman–Crippen MR) is 121 cm³/mol. The van der Waals surface area contributed by atoms with Crippen molar-refractivity contribution in [1.82, 2.24) is 10.3 Å². The number of nitrogens with one attached hydrogen (secondary N) is 1. The molecule has 0 aliphatic rings. The van der Waals surface area contributed by atoms with E-state index in [9.17, 15) is 14.0 Å². The molecule has 32 heavy (non-hydrogen) atoms. The second-order valence-corrected chi connectivity index (χ2v) is 8.39. The molecular formula is C25H27FN2O4. The SMILES string of the molecule is CCOc1nccc2c(C(=O)c3ccc(C(C)NC(=O)OC(C)(C)C)cc3F)cccc12. The maximum Gasteiger partial charge on any atom is 0.408 e. The Hall–Kier alpha value is -3.48. The Morgan fingerprint density at radius 3 is 2.50 bits per heavy atom. The number of amides is 1. The van der Waals surface area contributed by atoms with Crippen molar-refractivity contribution in [3.8, 4) is 5.88 Å². The van der Waals surface area contributed by atoms with Gasteiger partial charge in [0.1, 0.15) is 11.4 Å². The highest BCUT2D eigenvalue weighted by Crippen LogP contribution is 2.28. The highest BCUT2D eigenvalue weighted by atomic mass is 19.1. The first-order valence-electron chi connectivity index (χ1n) is 10.4. The third-order valence-electron chi connectivity index (χ3n) is 4.77. The van der Waals surface area contributed by atoms with Gasteiger partial charge in [0.25, 0.3) is 0 Å². The number of fused-ring (bicyclic) bond motifs is 1. The van der Waals surface area contributed by atoms with Crippen molar-refractivity contribution in [3.63, 3.8) is 0 Å². The van der Waals surface area contributed by atoms with Crippen LogP contribution in [0.1, 0.15) is 62.1 Å². The molecule has 7 heteroatoms. The molecule has 0 saturated heterocycles. The number of carbonyl (C=O) groups excluding carboxylic acids is 2. The van der Waals surface area contributed by atoms with Crippen LogP contribution in [0.2, 0.25) is 0 Å². The summed E-state index contributed by atoms with van der Waals surface area (Å²) < 4.78 is 25.7. The molecule has 3 rings (SSSR count). The molecule has 0 spiro atoms. The molecule has 0 bridgehead atoms. The van der Waals surface area contributed by atoms with E-state index in [1.807, 2.05) is 13.0 Å². The van der Waals surface area contributed by atoms with Gasteiger partial charge in [-0.3, -0.25) is 4.79 Å². The maximum atomic E-state index is 15.0. The molecule has 1 atom stereocenters. The molecule has 1 unspecified atom stereocenters. The smallest absolute Gasteiger partial charge is 0.408 e. The summed E-state index contributed by atoms with van der Waals surface area (Å²) in [6.07, 6.45) is 0.966. The number of carbonyl (C=O) groups is 2. The van der Waals surface area contributed by atoms with Crippen LogP contribution in [0.3, 0.4) is 0 Å². The van der Waals surface area contributed by atoms with Crippen LogP contribution in [-0.4, -0.2) is 29.1 Å². The molecule has 1 amide bonds. The van der Waals surface area contributed by atoms with E-state index in [0.29, 0.717) is 34.4 Å². The summed E-state index contributed by atoms with van der Waals surface area (Å²) in [5.41, 5.74) is 0.185. The second kappa shape index (κ2) is 9.34. The highest BCUT2D eigenvalue weighted by molar-refractivity contribution is 6.17. The number of ether oxygens (including phenoxy) is 2. The third kappa shape index (κ3) is 5.22. The van der Waals surface area contributed by atoms with Crippen molar-refractivity contribution in [1.29, 1.82) is 0 Å². The Bertz CT molecular complexity index is 1150. The number of rotatable bonds is 6. The zero-order valence-electron chi connectivity index (χ0n) is 18.9. The second-order valence-electron chi connectivity index (χ2n) is 8.39. The fraction of sp³-hybridized carbons (Fsp3) is 0.320. The van der Waals surface area contributed by atoms with Crippen LogP contribution in [0, 0.1) is 5.82 Å². The largest absolute Gasteiger partial charge is 0.478 e. The number of alkyl carbamates (subject to hydrolysis) is 1. The molecule has 1 N–H and O–H groups in total. The van der Waals surface area contributed by atoms with Crippen molar-refractivity contribution in [2.24, 2.45) is 0 Å². The normalized spacial score (nSPS) is 12.3. The van der Waals surface area contributed by atoms with Gasteiger partial charge in [-0.15, -0.1) is 0 Å². The van der Waals surface area contributed by atoms with Gasteiger partial charge < -0.3 is 14.8 Å². The van der Waals surface area contributed by atoms with Crippen molar-refractivity contribution >= 4 is 22.6 Å². The molecule has 1 heterocycles. The van der Waals surface area contributed by atoms with Gasteiger partial charge >= 0.3 is 6.09 Å². The van der Waals surface area contributed by atoms with E-state index in [4.69, 9.17) is 9.47 Å². The molecule has 0 aliphatic heterocycles. The summed E-state index contributed by atoms with van der Waals surface area (Å²) in [5.74, 6) is -0.681. The molecule has 168 valence electrons.